The summed E-state index contributed by atoms with van der Waals surface area (Å²) in [6.07, 6.45) is 1.94. The second-order valence-corrected chi connectivity index (χ2v) is 6.69. The van der Waals surface area contributed by atoms with Gasteiger partial charge in [0, 0.05) is 31.1 Å². The molecule has 7 nitrogen and oxygen atoms in total. The number of likely N-dealkylation sites (tertiary alicyclic amines) is 1. The number of hydrogen-bond donors (Lipinski definition) is 1. The molecule has 1 N–H and O–H groups in total. The first kappa shape index (κ1) is 20.0. The van der Waals surface area contributed by atoms with Crippen molar-refractivity contribution in [3.63, 3.8) is 0 Å². The summed E-state index contributed by atoms with van der Waals surface area (Å²) in [6.45, 7) is 2.02. The van der Waals surface area contributed by atoms with Gasteiger partial charge in [-0.1, -0.05) is 11.6 Å². The minimum atomic E-state index is -1.03. The average Bonchev–Trinajstić information content (AvgIpc) is 2.84. The number of rotatable bonds is 6. The molecule has 1 heterocycles. The van der Waals surface area contributed by atoms with Crippen molar-refractivity contribution in [1.29, 1.82) is 0 Å². The lowest BCUT2D eigenvalue weighted by molar-refractivity contribution is -0.145. The van der Waals surface area contributed by atoms with Crippen molar-refractivity contribution in [2.45, 2.75) is 32.2 Å². The number of hydrogen-bond acceptors (Lipinski definition) is 4. The van der Waals surface area contributed by atoms with Gasteiger partial charge < -0.3 is 19.6 Å². The third-order valence-electron chi connectivity index (χ3n) is 4.38. The smallest absolute Gasteiger partial charge is 0.323 e. The van der Waals surface area contributed by atoms with Crippen LogP contribution in [0.5, 0.6) is 5.75 Å². The lowest BCUT2D eigenvalue weighted by Crippen LogP contribution is -2.43. The first-order chi connectivity index (χ1) is 12.4. The molecule has 1 fully saturated rings. The minimum Gasteiger partial charge on any atom is -0.484 e. The maximum absolute atomic E-state index is 12.4. The SMILES string of the molecule is CC(=O)N(CC(=O)O)C1CCCN(C(=O)COc2ccc(Cl)cc2)CC1. The van der Waals surface area contributed by atoms with Crippen LogP contribution in [0.25, 0.3) is 0 Å². The fraction of sp³-hybridized carbons (Fsp3) is 0.500. The van der Waals surface area contributed by atoms with Crippen LogP contribution in [0, 0.1) is 0 Å². The molecule has 2 amide bonds. The van der Waals surface area contributed by atoms with Crippen LogP contribution in [0.2, 0.25) is 5.02 Å². The normalized spacial score (nSPS) is 17.3. The van der Waals surface area contributed by atoms with Crippen molar-refractivity contribution >= 4 is 29.4 Å². The number of carboxylic acid groups (broad SMARTS) is 1. The van der Waals surface area contributed by atoms with Crippen molar-refractivity contribution in [2.24, 2.45) is 0 Å². The molecule has 1 aromatic carbocycles. The van der Waals surface area contributed by atoms with Crippen molar-refractivity contribution in [2.75, 3.05) is 26.2 Å². The fourth-order valence-corrected chi connectivity index (χ4v) is 3.18. The fourth-order valence-electron chi connectivity index (χ4n) is 3.05. The first-order valence-electron chi connectivity index (χ1n) is 8.52. The molecule has 1 aliphatic rings. The second kappa shape index (κ2) is 9.43. The summed E-state index contributed by atoms with van der Waals surface area (Å²) in [5.41, 5.74) is 0. The monoisotopic (exact) mass is 382 g/mol. The molecule has 0 aromatic heterocycles. The Hall–Kier alpha value is -2.28. The molecular formula is C18H23ClN2O5. The predicted molar refractivity (Wildman–Crippen MR) is 96.2 cm³/mol. The molecule has 1 atom stereocenters. The molecular weight excluding hydrogens is 360 g/mol. The van der Waals surface area contributed by atoms with E-state index in [-0.39, 0.29) is 31.0 Å². The number of nitrogens with zero attached hydrogens (tertiary/aromatic N) is 2. The highest BCUT2D eigenvalue weighted by Crippen LogP contribution is 2.19. The summed E-state index contributed by atoms with van der Waals surface area (Å²) < 4.78 is 5.49. The van der Waals surface area contributed by atoms with Gasteiger partial charge in [0.05, 0.1) is 0 Å². The maximum Gasteiger partial charge on any atom is 0.323 e. The predicted octanol–water partition coefficient (Wildman–Crippen LogP) is 2.03. The van der Waals surface area contributed by atoms with Gasteiger partial charge in [-0.25, -0.2) is 0 Å². The number of carbonyl (C=O) groups is 3. The average molecular weight is 383 g/mol. The Bertz CT molecular complexity index is 649. The summed E-state index contributed by atoms with van der Waals surface area (Å²) >= 11 is 5.81. The zero-order valence-corrected chi connectivity index (χ0v) is 15.4. The van der Waals surface area contributed by atoms with Gasteiger partial charge in [-0.3, -0.25) is 14.4 Å². The number of ether oxygens (including phenoxy) is 1. The molecule has 0 bridgehead atoms. The maximum atomic E-state index is 12.4. The summed E-state index contributed by atoms with van der Waals surface area (Å²) in [6, 6.07) is 6.61. The zero-order chi connectivity index (χ0) is 19.1. The first-order valence-corrected chi connectivity index (χ1v) is 8.89. The summed E-state index contributed by atoms with van der Waals surface area (Å²) in [5, 5.41) is 9.58. The minimum absolute atomic E-state index is 0.0716. The van der Waals surface area contributed by atoms with E-state index in [2.05, 4.69) is 0 Å². The van der Waals surface area contributed by atoms with Crippen molar-refractivity contribution in [1.82, 2.24) is 9.80 Å². The highest BCUT2D eigenvalue weighted by Gasteiger charge is 2.27. The zero-order valence-electron chi connectivity index (χ0n) is 14.7. The van der Waals surface area contributed by atoms with E-state index in [1.807, 2.05) is 0 Å². The molecule has 0 radical (unpaired) electrons. The molecule has 1 unspecified atom stereocenters. The largest absolute Gasteiger partial charge is 0.484 e. The number of carboxylic acids is 1. The van der Waals surface area contributed by atoms with Gasteiger partial charge in [-0.2, -0.15) is 0 Å². The Morgan fingerprint density at radius 1 is 1.23 bits per heavy atom. The quantitative estimate of drug-likeness (QED) is 0.813. The van der Waals surface area contributed by atoms with E-state index in [1.165, 1.54) is 11.8 Å². The van der Waals surface area contributed by atoms with E-state index in [4.69, 9.17) is 21.4 Å². The molecule has 1 aliphatic heterocycles. The van der Waals surface area contributed by atoms with Crippen molar-refractivity contribution in [3.8, 4) is 5.75 Å². The lowest BCUT2D eigenvalue weighted by atomic mass is 10.1. The van der Waals surface area contributed by atoms with E-state index < -0.39 is 5.97 Å². The van der Waals surface area contributed by atoms with E-state index in [9.17, 15) is 14.4 Å². The van der Waals surface area contributed by atoms with Gasteiger partial charge in [-0.05, 0) is 43.5 Å². The Balaban J connectivity index is 1.88. The van der Waals surface area contributed by atoms with Crippen molar-refractivity contribution < 1.29 is 24.2 Å². The molecule has 0 spiro atoms. The molecule has 142 valence electrons. The van der Waals surface area contributed by atoms with Gasteiger partial charge >= 0.3 is 5.97 Å². The highest BCUT2D eigenvalue weighted by molar-refractivity contribution is 6.30. The second-order valence-electron chi connectivity index (χ2n) is 6.25. The third-order valence-corrected chi connectivity index (χ3v) is 4.63. The Kier molecular flexibility index (Phi) is 7.26. The molecule has 26 heavy (non-hydrogen) atoms. The Labute approximate surface area is 157 Å². The van der Waals surface area contributed by atoms with Gasteiger partial charge in [0.15, 0.2) is 6.61 Å². The van der Waals surface area contributed by atoms with Crippen LogP contribution in [0.4, 0.5) is 0 Å². The van der Waals surface area contributed by atoms with E-state index in [0.29, 0.717) is 43.1 Å². The van der Waals surface area contributed by atoms with E-state index in [0.717, 1.165) is 0 Å². The Morgan fingerprint density at radius 3 is 2.54 bits per heavy atom. The number of aliphatic carboxylic acids is 1. The standard InChI is InChI=1S/C18H23ClN2O5/c1-13(22)21(11-18(24)25)15-3-2-9-20(10-8-15)17(23)12-26-16-6-4-14(19)5-7-16/h4-7,15H,2-3,8-12H2,1H3,(H,24,25). The molecule has 1 aromatic rings. The van der Waals surface area contributed by atoms with Crippen LogP contribution >= 0.6 is 11.6 Å². The highest BCUT2D eigenvalue weighted by atomic mass is 35.5. The third kappa shape index (κ3) is 5.91. The summed E-state index contributed by atoms with van der Waals surface area (Å²) in [5.74, 6) is -0.857. The van der Waals surface area contributed by atoms with E-state index >= 15 is 0 Å². The molecule has 0 aliphatic carbocycles. The van der Waals surface area contributed by atoms with Gasteiger partial charge in [-0.15, -0.1) is 0 Å². The van der Waals surface area contributed by atoms with Crippen LogP contribution in [-0.2, 0) is 14.4 Å². The number of carbonyl (C=O) groups excluding carboxylic acids is 2. The Morgan fingerprint density at radius 2 is 1.92 bits per heavy atom. The number of halogens is 1. The molecule has 8 heteroatoms. The topological polar surface area (TPSA) is 87.2 Å². The van der Waals surface area contributed by atoms with Gasteiger partial charge in [0.1, 0.15) is 12.3 Å². The summed E-state index contributed by atoms with van der Waals surface area (Å²) in [4.78, 5) is 38.2. The van der Waals surface area contributed by atoms with Gasteiger partial charge in [0.25, 0.3) is 5.91 Å². The van der Waals surface area contributed by atoms with E-state index in [1.54, 1.807) is 29.2 Å². The van der Waals surface area contributed by atoms with Crippen LogP contribution < -0.4 is 4.74 Å². The van der Waals surface area contributed by atoms with Crippen LogP contribution in [0.3, 0.4) is 0 Å². The molecule has 2 rings (SSSR count). The van der Waals surface area contributed by atoms with Crippen LogP contribution in [0.15, 0.2) is 24.3 Å². The summed E-state index contributed by atoms with van der Waals surface area (Å²) in [7, 11) is 0. The van der Waals surface area contributed by atoms with Crippen LogP contribution in [0.1, 0.15) is 26.2 Å². The molecule has 1 saturated heterocycles. The number of benzene rings is 1. The number of amides is 2. The van der Waals surface area contributed by atoms with Crippen LogP contribution in [-0.4, -0.2) is 65.0 Å². The van der Waals surface area contributed by atoms with Gasteiger partial charge in [0.2, 0.25) is 5.91 Å². The molecule has 0 saturated carbocycles. The lowest BCUT2D eigenvalue weighted by Gasteiger charge is -2.28. The van der Waals surface area contributed by atoms with Crippen molar-refractivity contribution in [3.05, 3.63) is 29.3 Å².